The summed E-state index contributed by atoms with van der Waals surface area (Å²) in [6.07, 6.45) is 1.89. The molecule has 2 rings (SSSR count). The quantitative estimate of drug-likeness (QED) is 0.844. The van der Waals surface area contributed by atoms with E-state index in [4.69, 9.17) is 4.74 Å². The third-order valence-electron chi connectivity index (χ3n) is 2.68. The van der Waals surface area contributed by atoms with Gasteiger partial charge < -0.3 is 4.74 Å². The molecule has 0 atom stereocenters. The van der Waals surface area contributed by atoms with E-state index in [1.54, 1.807) is 0 Å². The van der Waals surface area contributed by atoms with Crippen LogP contribution in [0.3, 0.4) is 0 Å². The molecule has 1 N–H and O–H groups in total. The first-order chi connectivity index (χ1) is 10.1. The second kappa shape index (κ2) is 7.51. The Morgan fingerprint density at radius 2 is 2.24 bits per heavy atom. The molecule has 0 aliphatic heterocycles. The molecule has 2 aromatic rings. The largest absolute Gasteiger partial charge is 0.484 e. The molecule has 5 nitrogen and oxygen atoms in total. The number of hydrogen-bond donors (Lipinski definition) is 1. The van der Waals surface area contributed by atoms with Gasteiger partial charge in [0, 0.05) is 10.9 Å². The van der Waals surface area contributed by atoms with Crippen molar-refractivity contribution in [1.82, 2.24) is 10.2 Å². The van der Waals surface area contributed by atoms with Crippen LogP contribution in [0.25, 0.3) is 0 Å². The third-order valence-corrected chi connectivity index (χ3v) is 4.46. The predicted molar refractivity (Wildman–Crippen MR) is 86.9 cm³/mol. The van der Waals surface area contributed by atoms with Crippen molar-refractivity contribution < 1.29 is 9.53 Å². The lowest BCUT2D eigenvalue weighted by Crippen LogP contribution is -2.20. The van der Waals surface area contributed by atoms with Crippen molar-refractivity contribution in [2.24, 2.45) is 0 Å². The fourth-order valence-electron chi connectivity index (χ4n) is 1.63. The molecule has 112 valence electrons. The maximum atomic E-state index is 11.8. The summed E-state index contributed by atoms with van der Waals surface area (Å²) in [6.45, 7) is 3.99. The Kier molecular flexibility index (Phi) is 5.69. The van der Waals surface area contributed by atoms with Gasteiger partial charge >= 0.3 is 0 Å². The van der Waals surface area contributed by atoms with Crippen LogP contribution in [0, 0.1) is 6.92 Å². The van der Waals surface area contributed by atoms with E-state index in [2.05, 4.69) is 38.4 Å². The average Bonchev–Trinajstić information content (AvgIpc) is 2.88. The number of aryl methyl sites for hydroxylation is 2. The van der Waals surface area contributed by atoms with Crippen molar-refractivity contribution in [1.29, 1.82) is 0 Å². The summed E-state index contributed by atoms with van der Waals surface area (Å²) in [6, 6.07) is 5.58. The minimum absolute atomic E-state index is 0.0518. The summed E-state index contributed by atoms with van der Waals surface area (Å²) in [4.78, 5) is 11.8. The number of nitrogens with one attached hydrogen (secondary N) is 1. The van der Waals surface area contributed by atoms with Crippen LogP contribution in [0.15, 0.2) is 22.7 Å². The molecule has 1 amide bonds. The summed E-state index contributed by atoms with van der Waals surface area (Å²) < 4.78 is 6.46. The topological polar surface area (TPSA) is 64.1 Å². The van der Waals surface area contributed by atoms with Crippen molar-refractivity contribution in [3.05, 3.63) is 33.2 Å². The minimum Gasteiger partial charge on any atom is -0.484 e. The van der Waals surface area contributed by atoms with Gasteiger partial charge in [-0.1, -0.05) is 34.2 Å². The van der Waals surface area contributed by atoms with Gasteiger partial charge in [0.15, 0.2) is 6.61 Å². The number of benzene rings is 1. The summed E-state index contributed by atoms with van der Waals surface area (Å²) in [5.74, 6) is 0.421. The second-order valence-corrected chi connectivity index (χ2v) is 6.42. The Morgan fingerprint density at radius 3 is 2.95 bits per heavy atom. The zero-order valence-corrected chi connectivity index (χ0v) is 14.3. The number of aromatic nitrogens is 2. The number of carbonyl (C=O) groups is 1. The summed E-state index contributed by atoms with van der Waals surface area (Å²) in [5.41, 5.74) is 1.06. The van der Waals surface area contributed by atoms with E-state index >= 15 is 0 Å². The van der Waals surface area contributed by atoms with E-state index < -0.39 is 0 Å². The van der Waals surface area contributed by atoms with Gasteiger partial charge in [-0.3, -0.25) is 10.1 Å². The number of ether oxygens (including phenoxy) is 1. The lowest BCUT2D eigenvalue weighted by atomic mass is 10.2. The first-order valence-corrected chi connectivity index (χ1v) is 8.20. The van der Waals surface area contributed by atoms with Gasteiger partial charge in [-0.15, -0.1) is 10.2 Å². The normalized spacial score (nSPS) is 10.4. The summed E-state index contributed by atoms with van der Waals surface area (Å²) in [5, 5.41) is 12.1. The van der Waals surface area contributed by atoms with E-state index in [9.17, 15) is 4.79 Å². The van der Waals surface area contributed by atoms with Gasteiger partial charge in [0.2, 0.25) is 5.13 Å². The lowest BCUT2D eigenvalue weighted by Gasteiger charge is -2.07. The van der Waals surface area contributed by atoms with Crippen molar-refractivity contribution in [3.63, 3.8) is 0 Å². The maximum Gasteiger partial charge on any atom is 0.264 e. The molecular formula is C14H16BrN3O2S. The average molecular weight is 370 g/mol. The molecule has 0 saturated heterocycles. The van der Waals surface area contributed by atoms with Gasteiger partial charge in [-0.25, -0.2) is 0 Å². The number of carbonyl (C=O) groups excluding carboxylic acids is 1. The number of rotatable bonds is 6. The molecule has 1 aromatic carbocycles. The fraction of sp³-hybridized carbons (Fsp3) is 0.357. The molecule has 0 aliphatic rings. The number of nitrogens with zero attached hydrogens (tertiary/aromatic N) is 2. The molecule has 0 bridgehead atoms. The summed E-state index contributed by atoms with van der Waals surface area (Å²) in [7, 11) is 0. The minimum atomic E-state index is -0.241. The van der Waals surface area contributed by atoms with Crippen LogP contribution in [0.4, 0.5) is 5.13 Å². The van der Waals surface area contributed by atoms with E-state index in [1.807, 2.05) is 25.1 Å². The highest BCUT2D eigenvalue weighted by atomic mass is 79.9. The Balaban J connectivity index is 1.85. The first-order valence-electron chi connectivity index (χ1n) is 6.59. The Labute approximate surface area is 135 Å². The van der Waals surface area contributed by atoms with Gasteiger partial charge in [0.05, 0.1) is 0 Å². The Hall–Kier alpha value is -1.47. The SMILES string of the molecule is CCCc1nnc(NC(=O)COc2ccc(Br)c(C)c2)s1. The third kappa shape index (κ3) is 4.78. The smallest absolute Gasteiger partial charge is 0.264 e. The molecule has 21 heavy (non-hydrogen) atoms. The fourth-order valence-corrected chi connectivity index (χ4v) is 2.73. The van der Waals surface area contributed by atoms with Gasteiger partial charge in [-0.05, 0) is 37.1 Å². The molecule has 0 spiro atoms. The monoisotopic (exact) mass is 369 g/mol. The van der Waals surface area contributed by atoms with Crippen LogP contribution >= 0.6 is 27.3 Å². The predicted octanol–water partition coefficient (Wildman–Crippen LogP) is 3.58. The molecule has 7 heteroatoms. The zero-order chi connectivity index (χ0) is 15.2. The van der Waals surface area contributed by atoms with Crippen molar-refractivity contribution in [2.75, 3.05) is 11.9 Å². The van der Waals surface area contributed by atoms with Crippen LogP contribution in [0.1, 0.15) is 23.9 Å². The van der Waals surface area contributed by atoms with Gasteiger partial charge in [0.25, 0.3) is 5.91 Å². The first kappa shape index (κ1) is 15.9. The molecule has 1 aromatic heterocycles. The second-order valence-electron chi connectivity index (χ2n) is 4.50. The van der Waals surface area contributed by atoms with Crippen LogP contribution < -0.4 is 10.1 Å². The zero-order valence-electron chi connectivity index (χ0n) is 11.9. The highest BCUT2D eigenvalue weighted by molar-refractivity contribution is 9.10. The number of hydrogen-bond acceptors (Lipinski definition) is 5. The molecule has 0 aliphatic carbocycles. The molecular weight excluding hydrogens is 354 g/mol. The van der Waals surface area contributed by atoms with Crippen LogP contribution in [-0.2, 0) is 11.2 Å². The highest BCUT2D eigenvalue weighted by Crippen LogP contribution is 2.21. The number of halogens is 1. The van der Waals surface area contributed by atoms with E-state index in [0.717, 1.165) is 27.9 Å². The van der Waals surface area contributed by atoms with Crippen LogP contribution in [0.5, 0.6) is 5.75 Å². The van der Waals surface area contributed by atoms with E-state index in [1.165, 1.54) is 11.3 Å². The number of anilines is 1. The molecule has 0 unspecified atom stereocenters. The number of amides is 1. The van der Waals surface area contributed by atoms with Gasteiger partial charge in [-0.2, -0.15) is 0 Å². The van der Waals surface area contributed by atoms with Gasteiger partial charge in [0.1, 0.15) is 10.8 Å². The standard InChI is InChI=1S/C14H16BrN3O2S/c1-3-4-13-17-18-14(21-13)16-12(19)8-20-10-5-6-11(15)9(2)7-10/h5-7H,3-4,8H2,1-2H3,(H,16,18,19). The lowest BCUT2D eigenvalue weighted by molar-refractivity contribution is -0.118. The molecule has 1 heterocycles. The highest BCUT2D eigenvalue weighted by Gasteiger charge is 2.09. The molecule has 0 saturated carbocycles. The maximum absolute atomic E-state index is 11.8. The van der Waals surface area contributed by atoms with E-state index in [-0.39, 0.29) is 12.5 Å². The molecule has 0 radical (unpaired) electrons. The Morgan fingerprint density at radius 1 is 1.43 bits per heavy atom. The molecule has 0 fully saturated rings. The Bertz CT molecular complexity index is 630. The summed E-state index contributed by atoms with van der Waals surface area (Å²) >= 11 is 4.82. The van der Waals surface area contributed by atoms with Crippen LogP contribution in [-0.4, -0.2) is 22.7 Å². The van der Waals surface area contributed by atoms with Crippen molar-refractivity contribution >= 4 is 38.3 Å². The van der Waals surface area contributed by atoms with Crippen molar-refractivity contribution in [3.8, 4) is 5.75 Å². The van der Waals surface area contributed by atoms with Crippen LogP contribution in [0.2, 0.25) is 0 Å². The van der Waals surface area contributed by atoms with E-state index in [0.29, 0.717) is 10.9 Å². The van der Waals surface area contributed by atoms with Crippen molar-refractivity contribution in [2.45, 2.75) is 26.7 Å².